The molecule has 2 atom stereocenters. The molecule has 29 heavy (non-hydrogen) atoms. The first-order valence-corrected chi connectivity index (χ1v) is 11.2. The van der Waals surface area contributed by atoms with Gasteiger partial charge in [-0.3, -0.25) is 4.79 Å². The highest BCUT2D eigenvalue weighted by atomic mass is 32.1. The zero-order valence-electron chi connectivity index (χ0n) is 17.1. The average molecular weight is 411 g/mol. The van der Waals surface area contributed by atoms with Gasteiger partial charge in [-0.05, 0) is 55.0 Å². The van der Waals surface area contributed by atoms with E-state index in [1.54, 1.807) is 18.4 Å². The molecule has 1 amide bonds. The smallest absolute Gasteiger partial charge is 0.280 e. The summed E-state index contributed by atoms with van der Waals surface area (Å²) in [7, 11) is 1.67. The first-order chi connectivity index (χ1) is 14.1. The van der Waals surface area contributed by atoms with E-state index in [9.17, 15) is 10.1 Å². The number of carbonyl (C=O) groups is 1. The van der Waals surface area contributed by atoms with Crippen molar-refractivity contribution in [2.45, 2.75) is 51.6 Å². The number of carbonyl (C=O) groups excluding carboxylic acids is 1. The van der Waals surface area contributed by atoms with E-state index in [4.69, 9.17) is 4.74 Å². The van der Waals surface area contributed by atoms with Gasteiger partial charge in [0.05, 0.1) is 18.7 Å². The molecule has 4 rings (SSSR count). The van der Waals surface area contributed by atoms with Crippen LogP contribution in [0.2, 0.25) is 0 Å². The number of ether oxygens (including phenoxy) is 1. The molecule has 1 heterocycles. The number of benzene rings is 1. The number of fused-ring (bicyclic) bond motifs is 1. The molecule has 0 bridgehead atoms. The molecule has 152 valence electrons. The van der Waals surface area contributed by atoms with Crippen LogP contribution in [-0.2, 0) is 24.2 Å². The minimum atomic E-state index is 0.00329. The topological polar surface area (TPSA) is 66.6 Å². The number of anilines is 1. The molecule has 2 N–H and O–H groups in total. The number of rotatable bonds is 7. The maximum absolute atomic E-state index is 12.8. The molecule has 5 nitrogen and oxygen atoms in total. The van der Waals surface area contributed by atoms with Crippen LogP contribution < -0.4 is 15.0 Å². The van der Waals surface area contributed by atoms with E-state index in [1.165, 1.54) is 28.2 Å². The molecule has 1 unspecified atom stereocenters. The predicted molar refractivity (Wildman–Crippen MR) is 114 cm³/mol. The molecule has 0 spiro atoms. The van der Waals surface area contributed by atoms with Crippen LogP contribution in [0.3, 0.4) is 0 Å². The summed E-state index contributed by atoms with van der Waals surface area (Å²) >= 11 is 1.60. The van der Waals surface area contributed by atoms with Gasteiger partial charge in [-0.1, -0.05) is 6.92 Å². The number of nitriles is 1. The summed E-state index contributed by atoms with van der Waals surface area (Å²) in [6.07, 6.45) is 5.43. The van der Waals surface area contributed by atoms with E-state index in [0.29, 0.717) is 24.1 Å². The van der Waals surface area contributed by atoms with E-state index in [2.05, 4.69) is 30.4 Å². The second-order valence-corrected chi connectivity index (χ2v) is 9.46. The van der Waals surface area contributed by atoms with Crippen molar-refractivity contribution < 1.29 is 14.4 Å². The third-order valence-corrected chi connectivity index (χ3v) is 7.18. The zero-order valence-corrected chi connectivity index (χ0v) is 17.9. The number of hydrogen-bond donors (Lipinski definition) is 2. The Morgan fingerprint density at radius 3 is 2.72 bits per heavy atom. The van der Waals surface area contributed by atoms with E-state index >= 15 is 0 Å². The van der Waals surface area contributed by atoms with Crippen LogP contribution in [0.4, 0.5) is 5.00 Å². The molecule has 0 saturated heterocycles. The summed E-state index contributed by atoms with van der Waals surface area (Å²) in [5, 5.41) is 13.5. The minimum Gasteiger partial charge on any atom is -0.497 e. The Morgan fingerprint density at radius 1 is 1.31 bits per heavy atom. The summed E-state index contributed by atoms with van der Waals surface area (Å²) in [6.45, 7) is 3.51. The summed E-state index contributed by atoms with van der Waals surface area (Å²) < 4.78 is 5.23. The molecule has 2 aromatic rings. The SMILES string of the molecule is COc1ccc(C[NH+](CC(=O)Nc2sc3c(c2C#N)CC[C@H](C)C3)C2CC2)cc1. The number of hydrogen-bond acceptors (Lipinski definition) is 4. The van der Waals surface area contributed by atoms with Crippen molar-refractivity contribution in [1.29, 1.82) is 5.26 Å². The molecule has 1 aromatic carbocycles. The number of quaternary nitrogens is 1. The lowest BCUT2D eigenvalue weighted by Crippen LogP contribution is -3.13. The highest BCUT2D eigenvalue weighted by Gasteiger charge is 2.35. The van der Waals surface area contributed by atoms with Crippen molar-refractivity contribution in [2.75, 3.05) is 19.0 Å². The second kappa shape index (κ2) is 8.56. The first-order valence-electron chi connectivity index (χ1n) is 10.4. The molecule has 6 heteroatoms. The Bertz CT molecular complexity index is 925. The van der Waals surface area contributed by atoms with Crippen LogP contribution in [0, 0.1) is 17.2 Å². The second-order valence-electron chi connectivity index (χ2n) is 8.35. The molecule has 1 fully saturated rings. The van der Waals surface area contributed by atoms with E-state index < -0.39 is 0 Å². The fourth-order valence-corrected chi connectivity index (χ4v) is 5.56. The molecule has 2 aliphatic rings. The standard InChI is InChI=1S/C23H27N3O2S/c1-15-3-10-19-20(12-24)23(29-21(19)11-15)25-22(27)14-26(17-6-7-17)13-16-4-8-18(28-2)9-5-16/h4-5,8-9,15,17H,3,6-7,10-11,13-14H2,1-2H3,(H,25,27)/p+1/t15-/m0/s1. The summed E-state index contributed by atoms with van der Waals surface area (Å²) in [5.74, 6) is 1.50. The van der Waals surface area contributed by atoms with Gasteiger partial charge >= 0.3 is 0 Å². The number of thiophene rings is 1. The molecular formula is C23H28N3O2S+. The Hall–Kier alpha value is -2.36. The molecule has 1 aromatic heterocycles. The van der Waals surface area contributed by atoms with Crippen LogP contribution in [0.25, 0.3) is 0 Å². The Labute approximate surface area is 176 Å². The van der Waals surface area contributed by atoms with E-state index in [1.807, 2.05) is 12.1 Å². The zero-order chi connectivity index (χ0) is 20.4. The van der Waals surface area contributed by atoms with Crippen molar-refractivity contribution in [2.24, 2.45) is 5.92 Å². The molecular weight excluding hydrogens is 382 g/mol. The third kappa shape index (κ3) is 4.63. The highest BCUT2D eigenvalue weighted by Crippen LogP contribution is 2.39. The van der Waals surface area contributed by atoms with Crippen LogP contribution in [0.5, 0.6) is 5.75 Å². The normalized spacial score (nSPS) is 19.1. The molecule has 0 radical (unpaired) electrons. The van der Waals surface area contributed by atoms with Gasteiger partial charge in [-0.2, -0.15) is 5.26 Å². The minimum absolute atomic E-state index is 0.00329. The van der Waals surface area contributed by atoms with Gasteiger partial charge < -0.3 is 15.0 Å². The van der Waals surface area contributed by atoms with Gasteiger partial charge in [0, 0.05) is 23.3 Å². The first kappa shape index (κ1) is 19.9. The maximum Gasteiger partial charge on any atom is 0.280 e. The van der Waals surface area contributed by atoms with Gasteiger partial charge in [0.25, 0.3) is 5.91 Å². The van der Waals surface area contributed by atoms with Crippen LogP contribution in [0.1, 0.15) is 47.8 Å². The molecule has 0 aliphatic heterocycles. The van der Waals surface area contributed by atoms with Crippen LogP contribution in [-0.4, -0.2) is 25.6 Å². The van der Waals surface area contributed by atoms with Crippen molar-refractivity contribution >= 4 is 22.2 Å². The Morgan fingerprint density at radius 2 is 2.07 bits per heavy atom. The van der Waals surface area contributed by atoms with E-state index in [-0.39, 0.29) is 5.91 Å². The largest absolute Gasteiger partial charge is 0.497 e. The summed E-state index contributed by atoms with van der Waals surface area (Å²) in [6, 6.07) is 11.0. The van der Waals surface area contributed by atoms with Crippen molar-refractivity contribution in [3.8, 4) is 11.8 Å². The fraction of sp³-hybridized carbons (Fsp3) is 0.478. The quantitative estimate of drug-likeness (QED) is 0.738. The van der Waals surface area contributed by atoms with Gasteiger partial charge in [-0.15, -0.1) is 11.3 Å². The highest BCUT2D eigenvalue weighted by molar-refractivity contribution is 7.16. The lowest BCUT2D eigenvalue weighted by Gasteiger charge is -2.19. The summed E-state index contributed by atoms with van der Waals surface area (Å²) in [4.78, 5) is 15.4. The fourth-order valence-electron chi connectivity index (χ4n) is 4.18. The number of amides is 1. The monoisotopic (exact) mass is 410 g/mol. The lowest BCUT2D eigenvalue weighted by atomic mass is 9.89. The van der Waals surface area contributed by atoms with Crippen molar-refractivity contribution in [3.63, 3.8) is 0 Å². The number of nitrogens with one attached hydrogen (secondary N) is 2. The third-order valence-electron chi connectivity index (χ3n) is 6.01. The van der Waals surface area contributed by atoms with Crippen LogP contribution >= 0.6 is 11.3 Å². The molecule has 1 saturated carbocycles. The maximum atomic E-state index is 12.8. The van der Waals surface area contributed by atoms with Gasteiger partial charge in [0.1, 0.15) is 23.4 Å². The molecule has 2 aliphatic carbocycles. The Balaban J connectivity index is 1.43. The number of nitrogens with zero attached hydrogens (tertiary/aromatic N) is 1. The Kier molecular flexibility index (Phi) is 5.89. The van der Waals surface area contributed by atoms with Crippen LogP contribution in [0.15, 0.2) is 24.3 Å². The van der Waals surface area contributed by atoms with Crippen molar-refractivity contribution in [3.05, 3.63) is 45.8 Å². The number of methoxy groups -OCH3 is 1. The van der Waals surface area contributed by atoms with E-state index in [0.717, 1.165) is 42.1 Å². The van der Waals surface area contributed by atoms with Gasteiger partial charge in [0.15, 0.2) is 6.54 Å². The van der Waals surface area contributed by atoms with Gasteiger partial charge in [-0.25, -0.2) is 0 Å². The lowest BCUT2D eigenvalue weighted by molar-refractivity contribution is -0.916. The van der Waals surface area contributed by atoms with Gasteiger partial charge in [0.2, 0.25) is 0 Å². The average Bonchev–Trinajstić information content (AvgIpc) is 3.50. The van der Waals surface area contributed by atoms with Crippen molar-refractivity contribution in [1.82, 2.24) is 0 Å². The summed E-state index contributed by atoms with van der Waals surface area (Å²) in [5.41, 5.74) is 3.06. The predicted octanol–water partition coefficient (Wildman–Crippen LogP) is 2.94.